The molecule has 0 atom stereocenters. The van der Waals surface area contributed by atoms with Gasteiger partial charge in [-0.3, -0.25) is 0 Å². The molecule has 152 valence electrons. The Morgan fingerprint density at radius 3 is 2.55 bits per heavy atom. The second kappa shape index (κ2) is 9.73. The molecule has 2 amide bonds. The van der Waals surface area contributed by atoms with Crippen LogP contribution in [0, 0.1) is 17.2 Å². The number of nitrogens with one attached hydrogen (secondary N) is 3. The molecule has 0 unspecified atom stereocenters. The zero-order valence-electron chi connectivity index (χ0n) is 16.9. The molecule has 3 rings (SSSR count). The van der Waals surface area contributed by atoms with Crippen molar-refractivity contribution >= 4 is 23.5 Å². The Bertz CT molecular complexity index is 852. The van der Waals surface area contributed by atoms with E-state index in [9.17, 15) is 4.79 Å². The summed E-state index contributed by atoms with van der Waals surface area (Å²) in [7, 11) is 3.92. The Kier molecular flexibility index (Phi) is 6.85. The number of nitriles is 1. The highest BCUT2D eigenvalue weighted by molar-refractivity contribution is 5.89. The molecule has 0 radical (unpaired) electrons. The highest BCUT2D eigenvalue weighted by Crippen LogP contribution is 2.25. The van der Waals surface area contributed by atoms with Gasteiger partial charge in [0, 0.05) is 38.6 Å². The van der Waals surface area contributed by atoms with Crippen molar-refractivity contribution in [3.8, 4) is 6.07 Å². The van der Waals surface area contributed by atoms with Gasteiger partial charge in [0.1, 0.15) is 5.82 Å². The zero-order valence-corrected chi connectivity index (χ0v) is 16.9. The molecule has 1 aliphatic rings. The fraction of sp³-hybridized carbons (Fsp3) is 0.429. The minimum atomic E-state index is -0.219. The standard InChI is InChI=1S/C21H27N7O/c1-28(2)19-11-12-23-20(27-19)25-17-9-5-16(6-10-17)14-24-21(29)26-18-7-3-15(13-22)4-8-18/h3-4,7-8,11-12,16-17H,5-6,9-10,14H2,1-2H3,(H,23,25,27)(H2,24,26,29)/t16-,17+. The van der Waals surface area contributed by atoms with Gasteiger partial charge in [0.05, 0.1) is 11.6 Å². The van der Waals surface area contributed by atoms with Crippen molar-refractivity contribution in [2.75, 3.05) is 36.2 Å². The fourth-order valence-corrected chi connectivity index (χ4v) is 3.40. The van der Waals surface area contributed by atoms with Crippen molar-refractivity contribution in [3.63, 3.8) is 0 Å². The average molecular weight is 393 g/mol. The highest BCUT2D eigenvalue weighted by atomic mass is 16.2. The van der Waals surface area contributed by atoms with Crippen LogP contribution in [0.25, 0.3) is 0 Å². The molecule has 3 N–H and O–H groups in total. The molecule has 1 aliphatic carbocycles. The second-order valence-corrected chi connectivity index (χ2v) is 7.52. The van der Waals surface area contributed by atoms with E-state index >= 15 is 0 Å². The number of urea groups is 1. The van der Waals surface area contributed by atoms with Crippen molar-refractivity contribution in [2.45, 2.75) is 31.7 Å². The average Bonchev–Trinajstić information content (AvgIpc) is 2.74. The minimum absolute atomic E-state index is 0.219. The molecule has 2 aromatic rings. The summed E-state index contributed by atoms with van der Waals surface area (Å²) in [6, 6.07) is 10.9. The third kappa shape index (κ3) is 6.07. The molecule has 1 aromatic heterocycles. The number of carbonyl (C=O) groups is 1. The normalized spacial score (nSPS) is 18.4. The van der Waals surface area contributed by atoms with Crippen LogP contribution in [-0.4, -0.2) is 42.7 Å². The van der Waals surface area contributed by atoms with E-state index in [-0.39, 0.29) is 6.03 Å². The molecule has 29 heavy (non-hydrogen) atoms. The lowest BCUT2D eigenvalue weighted by Gasteiger charge is -2.29. The van der Waals surface area contributed by atoms with Crippen LogP contribution in [-0.2, 0) is 0 Å². The van der Waals surface area contributed by atoms with E-state index < -0.39 is 0 Å². The maximum atomic E-state index is 12.1. The molecular weight excluding hydrogens is 366 g/mol. The minimum Gasteiger partial charge on any atom is -0.363 e. The van der Waals surface area contributed by atoms with Crippen molar-refractivity contribution in [1.29, 1.82) is 5.26 Å². The Morgan fingerprint density at radius 2 is 1.90 bits per heavy atom. The van der Waals surface area contributed by atoms with Crippen LogP contribution in [0.3, 0.4) is 0 Å². The number of anilines is 3. The Hall–Kier alpha value is -3.34. The molecule has 1 fully saturated rings. The number of carbonyl (C=O) groups excluding carboxylic acids is 1. The molecule has 1 heterocycles. The van der Waals surface area contributed by atoms with E-state index in [0.29, 0.717) is 35.7 Å². The maximum absolute atomic E-state index is 12.1. The van der Waals surface area contributed by atoms with Gasteiger partial charge < -0.3 is 20.9 Å². The number of aromatic nitrogens is 2. The molecule has 0 saturated heterocycles. The molecule has 0 spiro atoms. The van der Waals surface area contributed by atoms with Gasteiger partial charge in [-0.05, 0) is 61.9 Å². The van der Waals surface area contributed by atoms with Gasteiger partial charge in [0.25, 0.3) is 0 Å². The Balaban J connectivity index is 1.39. The molecule has 1 saturated carbocycles. The summed E-state index contributed by atoms with van der Waals surface area (Å²) in [5.41, 5.74) is 1.24. The smallest absolute Gasteiger partial charge is 0.319 e. The van der Waals surface area contributed by atoms with E-state index in [1.54, 1.807) is 30.5 Å². The number of nitrogens with zero attached hydrogens (tertiary/aromatic N) is 4. The number of benzene rings is 1. The molecule has 8 nitrogen and oxygen atoms in total. The topological polar surface area (TPSA) is 106 Å². The lowest BCUT2D eigenvalue weighted by Crippen LogP contribution is -2.36. The van der Waals surface area contributed by atoms with E-state index in [1.165, 1.54) is 0 Å². The maximum Gasteiger partial charge on any atom is 0.319 e. The summed E-state index contributed by atoms with van der Waals surface area (Å²) in [5.74, 6) is 2.02. The summed E-state index contributed by atoms with van der Waals surface area (Å²) in [6.45, 7) is 0.654. The third-order valence-electron chi connectivity index (χ3n) is 5.10. The third-order valence-corrected chi connectivity index (χ3v) is 5.10. The van der Waals surface area contributed by atoms with Crippen LogP contribution in [0.15, 0.2) is 36.5 Å². The van der Waals surface area contributed by atoms with E-state index in [1.807, 2.05) is 25.1 Å². The summed E-state index contributed by atoms with van der Waals surface area (Å²) in [5, 5.41) is 18.0. The largest absolute Gasteiger partial charge is 0.363 e. The molecular formula is C21H27N7O. The summed E-state index contributed by atoms with van der Waals surface area (Å²) < 4.78 is 0. The first-order chi connectivity index (χ1) is 14.0. The first kappa shape index (κ1) is 20.4. The Labute approximate surface area is 171 Å². The zero-order chi connectivity index (χ0) is 20.6. The number of rotatable bonds is 6. The first-order valence-corrected chi connectivity index (χ1v) is 9.85. The van der Waals surface area contributed by atoms with Crippen LogP contribution in [0.1, 0.15) is 31.2 Å². The molecule has 0 bridgehead atoms. The summed E-state index contributed by atoms with van der Waals surface area (Å²) >= 11 is 0. The summed E-state index contributed by atoms with van der Waals surface area (Å²) in [4.78, 5) is 22.9. The van der Waals surface area contributed by atoms with Crippen LogP contribution in [0.2, 0.25) is 0 Å². The monoisotopic (exact) mass is 393 g/mol. The number of hydrogen-bond acceptors (Lipinski definition) is 6. The predicted molar refractivity (Wildman–Crippen MR) is 114 cm³/mol. The van der Waals surface area contributed by atoms with E-state index in [4.69, 9.17) is 5.26 Å². The van der Waals surface area contributed by atoms with Gasteiger partial charge >= 0.3 is 6.03 Å². The van der Waals surface area contributed by atoms with Gasteiger partial charge in [0.15, 0.2) is 0 Å². The van der Waals surface area contributed by atoms with Gasteiger partial charge in [-0.25, -0.2) is 9.78 Å². The predicted octanol–water partition coefficient (Wildman–Crippen LogP) is 3.21. The van der Waals surface area contributed by atoms with Crippen LogP contribution >= 0.6 is 0 Å². The Morgan fingerprint density at radius 1 is 1.17 bits per heavy atom. The molecule has 0 aliphatic heterocycles. The van der Waals surface area contributed by atoms with Crippen molar-refractivity contribution < 1.29 is 4.79 Å². The number of amides is 2. The lowest BCUT2D eigenvalue weighted by atomic mass is 9.86. The van der Waals surface area contributed by atoms with Crippen LogP contribution in [0.4, 0.5) is 22.2 Å². The first-order valence-electron chi connectivity index (χ1n) is 9.85. The summed E-state index contributed by atoms with van der Waals surface area (Å²) in [6.07, 6.45) is 5.91. The van der Waals surface area contributed by atoms with Crippen molar-refractivity contribution in [1.82, 2.24) is 15.3 Å². The van der Waals surface area contributed by atoms with E-state index in [0.717, 1.165) is 31.5 Å². The van der Waals surface area contributed by atoms with E-state index in [2.05, 4.69) is 32.0 Å². The van der Waals surface area contributed by atoms with Gasteiger partial charge in [-0.15, -0.1) is 0 Å². The van der Waals surface area contributed by atoms with Crippen molar-refractivity contribution in [2.24, 2.45) is 5.92 Å². The number of hydrogen-bond donors (Lipinski definition) is 3. The fourth-order valence-electron chi connectivity index (χ4n) is 3.40. The second-order valence-electron chi connectivity index (χ2n) is 7.52. The van der Waals surface area contributed by atoms with Crippen LogP contribution < -0.4 is 20.9 Å². The SMILES string of the molecule is CN(C)c1ccnc(N[C@H]2CC[C@@H](CNC(=O)Nc3ccc(C#N)cc3)CC2)n1. The van der Waals surface area contributed by atoms with Gasteiger partial charge in [-0.2, -0.15) is 10.2 Å². The highest BCUT2D eigenvalue weighted by Gasteiger charge is 2.22. The van der Waals surface area contributed by atoms with Gasteiger partial charge in [-0.1, -0.05) is 0 Å². The molecule has 1 aromatic carbocycles. The lowest BCUT2D eigenvalue weighted by molar-refractivity contribution is 0.246. The van der Waals surface area contributed by atoms with Crippen LogP contribution in [0.5, 0.6) is 0 Å². The quantitative estimate of drug-likeness (QED) is 0.696. The van der Waals surface area contributed by atoms with Gasteiger partial charge in [0.2, 0.25) is 5.95 Å². The molecule has 8 heteroatoms. The van der Waals surface area contributed by atoms with Crippen molar-refractivity contribution in [3.05, 3.63) is 42.1 Å².